The van der Waals surface area contributed by atoms with Crippen molar-refractivity contribution in [1.82, 2.24) is 15.4 Å². The van der Waals surface area contributed by atoms with Crippen LogP contribution in [-0.4, -0.2) is 48.8 Å². The lowest BCUT2D eigenvalue weighted by Crippen LogP contribution is -2.43. The first-order chi connectivity index (χ1) is 15.6. The van der Waals surface area contributed by atoms with Crippen molar-refractivity contribution >= 4 is 17.2 Å². The Morgan fingerprint density at radius 3 is 2.66 bits per heavy atom. The van der Waals surface area contributed by atoms with Crippen molar-refractivity contribution in [3.63, 3.8) is 0 Å². The Balaban J connectivity index is 1.28. The number of hydrogen-bond acceptors (Lipinski definition) is 7. The van der Waals surface area contributed by atoms with Crippen molar-refractivity contribution in [3.05, 3.63) is 69.2 Å². The van der Waals surface area contributed by atoms with E-state index in [1.54, 1.807) is 11.3 Å². The number of ether oxygens (including phenoxy) is 2. The minimum Gasteiger partial charge on any atom is -0.489 e. The third kappa shape index (κ3) is 5.76. The molecule has 1 atom stereocenters. The molecule has 0 spiro atoms. The molecule has 170 valence electrons. The molecular weight excluding hydrogens is 426 g/mol. The predicted octanol–water partition coefficient (Wildman–Crippen LogP) is 3.66. The summed E-state index contributed by atoms with van der Waals surface area (Å²) < 4.78 is 16.5. The van der Waals surface area contributed by atoms with Crippen LogP contribution in [0.25, 0.3) is 0 Å². The molecule has 3 heterocycles. The number of benzene rings is 1. The molecule has 0 saturated carbocycles. The Morgan fingerprint density at radius 1 is 1.22 bits per heavy atom. The van der Waals surface area contributed by atoms with Crippen LogP contribution in [0.2, 0.25) is 0 Å². The fourth-order valence-corrected chi connectivity index (χ4v) is 4.67. The summed E-state index contributed by atoms with van der Waals surface area (Å²) in [6, 6.07) is 12.0. The third-order valence-electron chi connectivity index (χ3n) is 5.70. The Hall–Kier alpha value is -2.68. The van der Waals surface area contributed by atoms with Gasteiger partial charge in [-0.15, -0.1) is 11.3 Å². The van der Waals surface area contributed by atoms with Crippen molar-refractivity contribution in [2.45, 2.75) is 32.9 Å². The molecule has 1 fully saturated rings. The summed E-state index contributed by atoms with van der Waals surface area (Å²) in [7, 11) is 0. The highest BCUT2D eigenvalue weighted by Gasteiger charge is 2.24. The quantitative estimate of drug-likeness (QED) is 0.531. The molecule has 1 N–H and O–H groups in total. The van der Waals surface area contributed by atoms with Crippen LogP contribution in [0.15, 0.2) is 46.3 Å². The molecule has 0 bridgehead atoms. The first-order valence-electron chi connectivity index (χ1n) is 10.9. The van der Waals surface area contributed by atoms with Crippen LogP contribution in [0.5, 0.6) is 5.75 Å². The fraction of sp³-hybridized carbons (Fsp3) is 0.417. The minimum absolute atomic E-state index is 0.0178. The lowest BCUT2D eigenvalue weighted by atomic mass is 10.1. The van der Waals surface area contributed by atoms with Crippen LogP contribution in [-0.2, 0) is 22.6 Å². The van der Waals surface area contributed by atoms with E-state index in [9.17, 15) is 4.79 Å². The van der Waals surface area contributed by atoms with Crippen LogP contribution in [0.3, 0.4) is 0 Å². The molecule has 1 amide bonds. The molecule has 1 aliphatic heterocycles. The molecule has 1 unspecified atom stereocenters. The van der Waals surface area contributed by atoms with Gasteiger partial charge < -0.3 is 19.3 Å². The Kier molecular flexibility index (Phi) is 7.57. The van der Waals surface area contributed by atoms with E-state index in [0.29, 0.717) is 19.6 Å². The second kappa shape index (κ2) is 10.8. The van der Waals surface area contributed by atoms with E-state index in [1.807, 2.05) is 38.1 Å². The molecule has 32 heavy (non-hydrogen) atoms. The first-order valence-corrected chi connectivity index (χ1v) is 11.7. The molecule has 1 aromatic carbocycles. The smallest absolute Gasteiger partial charge is 0.224 e. The summed E-state index contributed by atoms with van der Waals surface area (Å²) in [5, 5.41) is 9.15. The second-order valence-electron chi connectivity index (χ2n) is 7.90. The molecule has 0 radical (unpaired) electrons. The monoisotopic (exact) mass is 455 g/mol. The van der Waals surface area contributed by atoms with Crippen LogP contribution >= 0.6 is 11.3 Å². The number of amides is 1. The van der Waals surface area contributed by atoms with Crippen molar-refractivity contribution in [1.29, 1.82) is 0 Å². The Labute approximate surface area is 192 Å². The Morgan fingerprint density at radius 2 is 2.00 bits per heavy atom. The van der Waals surface area contributed by atoms with Crippen LogP contribution in [0.4, 0.5) is 0 Å². The van der Waals surface area contributed by atoms with Gasteiger partial charge in [0.15, 0.2) is 0 Å². The number of nitrogens with zero attached hydrogens (tertiary/aromatic N) is 2. The lowest BCUT2D eigenvalue weighted by molar-refractivity contribution is -0.120. The topological polar surface area (TPSA) is 76.8 Å². The van der Waals surface area contributed by atoms with Gasteiger partial charge in [-0.05, 0) is 43.0 Å². The van der Waals surface area contributed by atoms with E-state index in [4.69, 9.17) is 14.0 Å². The van der Waals surface area contributed by atoms with Crippen LogP contribution < -0.4 is 10.1 Å². The fourth-order valence-electron chi connectivity index (χ4n) is 3.81. The van der Waals surface area contributed by atoms with E-state index >= 15 is 0 Å². The van der Waals surface area contributed by atoms with Crippen molar-refractivity contribution in [3.8, 4) is 5.75 Å². The number of carbonyl (C=O) groups is 1. The summed E-state index contributed by atoms with van der Waals surface area (Å²) in [5.41, 5.74) is 2.76. The average Bonchev–Trinajstić information content (AvgIpc) is 3.45. The van der Waals surface area contributed by atoms with Gasteiger partial charge in [0.2, 0.25) is 5.91 Å². The zero-order valence-corrected chi connectivity index (χ0v) is 19.3. The molecule has 1 aliphatic rings. The molecule has 7 nitrogen and oxygen atoms in total. The van der Waals surface area contributed by atoms with Gasteiger partial charge in [-0.1, -0.05) is 23.4 Å². The van der Waals surface area contributed by atoms with Crippen molar-refractivity contribution < 1.29 is 18.8 Å². The van der Waals surface area contributed by atoms with Gasteiger partial charge in [-0.25, -0.2) is 0 Å². The number of thiophene rings is 1. The maximum absolute atomic E-state index is 12.6. The van der Waals surface area contributed by atoms with E-state index < -0.39 is 0 Å². The number of nitrogens with one attached hydrogen (secondary N) is 1. The lowest BCUT2D eigenvalue weighted by Gasteiger charge is -2.34. The number of aryl methyl sites for hydroxylation is 2. The summed E-state index contributed by atoms with van der Waals surface area (Å²) in [4.78, 5) is 16.3. The van der Waals surface area contributed by atoms with Crippen molar-refractivity contribution in [2.75, 3.05) is 32.8 Å². The number of carbonyl (C=O) groups excluding carboxylic acids is 1. The van der Waals surface area contributed by atoms with E-state index in [-0.39, 0.29) is 11.9 Å². The van der Waals surface area contributed by atoms with Gasteiger partial charge in [0.05, 0.1) is 36.9 Å². The van der Waals surface area contributed by atoms with Gasteiger partial charge in [0.1, 0.15) is 18.1 Å². The first kappa shape index (κ1) is 22.5. The maximum atomic E-state index is 12.6. The highest BCUT2D eigenvalue weighted by atomic mass is 32.1. The Bertz CT molecular complexity index is 975. The molecule has 2 aromatic heterocycles. The number of morpholine rings is 1. The minimum atomic E-state index is 0.0178. The van der Waals surface area contributed by atoms with Crippen LogP contribution in [0.1, 0.15) is 33.5 Å². The molecule has 0 aliphatic carbocycles. The summed E-state index contributed by atoms with van der Waals surface area (Å²) in [5.74, 6) is 1.54. The molecular formula is C24H29N3O4S. The van der Waals surface area contributed by atoms with Gasteiger partial charge in [-0.2, -0.15) is 0 Å². The average molecular weight is 456 g/mol. The normalized spacial score (nSPS) is 15.4. The summed E-state index contributed by atoms with van der Waals surface area (Å²) >= 11 is 1.73. The molecule has 1 saturated heterocycles. The molecule has 8 heteroatoms. The van der Waals surface area contributed by atoms with E-state index in [1.165, 1.54) is 4.88 Å². The van der Waals surface area contributed by atoms with Crippen LogP contribution in [0, 0.1) is 13.8 Å². The van der Waals surface area contributed by atoms with Gasteiger partial charge in [-0.3, -0.25) is 9.69 Å². The summed E-state index contributed by atoms with van der Waals surface area (Å²) in [6.07, 6.45) is 0.338. The zero-order valence-electron chi connectivity index (χ0n) is 18.5. The predicted molar refractivity (Wildman–Crippen MR) is 123 cm³/mol. The number of hydrogen-bond donors (Lipinski definition) is 1. The highest BCUT2D eigenvalue weighted by molar-refractivity contribution is 7.10. The zero-order chi connectivity index (χ0) is 22.3. The third-order valence-corrected chi connectivity index (χ3v) is 6.68. The molecule has 3 aromatic rings. The largest absolute Gasteiger partial charge is 0.489 e. The SMILES string of the molecule is Cc1noc(C)c1COc1ccc(CC(=O)NCC(c2cccs2)N2CCOCC2)cc1. The van der Waals surface area contributed by atoms with Crippen molar-refractivity contribution in [2.24, 2.45) is 0 Å². The molecule has 4 rings (SSSR count). The summed E-state index contributed by atoms with van der Waals surface area (Å²) in [6.45, 7) is 8.02. The van der Waals surface area contributed by atoms with E-state index in [2.05, 4.69) is 32.9 Å². The second-order valence-corrected chi connectivity index (χ2v) is 8.88. The van der Waals surface area contributed by atoms with Gasteiger partial charge in [0, 0.05) is 24.5 Å². The highest BCUT2D eigenvalue weighted by Crippen LogP contribution is 2.25. The maximum Gasteiger partial charge on any atom is 0.224 e. The standard InChI is InChI=1S/C24H29N3O4S/c1-17-21(18(2)31-26-17)16-30-20-7-5-19(6-8-20)14-24(28)25-15-22(23-4-3-13-32-23)27-9-11-29-12-10-27/h3-8,13,22H,9-12,14-16H2,1-2H3,(H,25,28). The van der Waals surface area contributed by atoms with E-state index in [0.717, 1.165) is 54.6 Å². The number of aromatic nitrogens is 1. The van der Waals surface area contributed by atoms with Gasteiger partial charge >= 0.3 is 0 Å². The van der Waals surface area contributed by atoms with Gasteiger partial charge in [0.25, 0.3) is 0 Å². The number of rotatable bonds is 9.